The lowest BCUT2D eigenvalue weighted by Crippen LogP contribution is -2.12. The van der Waals surface area contributed by atoms with Gasteiger partial charge in [0.1, 0.15) is 0 Å². The summed E-state index contributed by atoms with van der Waals surface area (Å²) in [7, 11) is 0. The third-order valence-corrected chi connectivity index (χ3v) is 2.99. The minimum absolute atomic E-state index is 0.295. The molecule has 0 unspecified atom stereocenters. The highest BCUT2D eigenvalue weighted by molar-refractivity contribution is 6.00. The summed E-state index contributed by atoms with van der Waals surface area (Å²) in [5, 5.41) is 0. The van der Waals surface area contributed by atoms with E-state index in [0.29, 0.717) is 16.7 Å². The lowest BCUT2D eigenvalue weighted by molar-refractivity contribution is 0.100. The number of carbonyl (C=O) groups is 1. The van der Waals surface area contributed by atoms with Gasteiger partial charge in [-0.3, -0.25) is 4.79 Å². The smallest absolute Gasteiger partial charge is 0.249 e. The van der Waals surface area contributed by atoms with Gasteiger partial charge in [-0.15, -0.1) is 0 Å². The van der Waals surface area contributed by atoms with E-state index in [4.69, 9.17) is 5.73 Å². The lowest BCUT2D eigenvalue weighted by atomic mass is 9.96. The van der Waals surface area contributed by atoms with E-state index >= 15 is 0 Å². The Bertz CT molecular complexity index is 638. The van der Waals surface area contributed by atoms with Gasteiger partial charge in [0.25, 0.3) is 0 Å². The van der Waals surface area contributed by atoms with Crippen LogP contribution in [0.5, 0.6) is 0 Å². The zero-order valence-corrected chi connectivity index (χ0v) is 10.4. The first-order chi connectivity index (χ1) is 9.02. The maximum absolute atomic E-state index is 13.3. The fourth-order valence-corrected chi connectivity index (χ4v) is 1.93. The Hall–Kier alpha value is -2.23. The number of primary amides is 1. The summed E-state index contributed by atoms with van der Waals surface area (Å²) >= 11 is 0. The van der Waals surface area contributed by atoms with Gasteiger partial charge in [0.15, 0.2) is 11.6 Å². The average Bonchev–Trinajstić information content (AvgIpc) is 2.41. The van der Waals surface area contributed by atoms with E-state index in [1.165, 1.54) is 6.07 Å². The molecule has 0 aliphatic carbocycles. The van der Waals surface area contributed by atoms with Crippen LogP contribution in [0.15, 0.2) is 36.4 Å². The summed E-state index contributed by atoms with van der Waals surface area (Å²) in [6.45, 7) is 1.97. The SMILES string of the molecule is CCc1ccc(C(N)=O)c(-c2ccc(F)c(F)c2)c1. The van der Waals surface area contributed by atoms with Crippen molar-refractivity contribution in [2.75, 3.05) is 0 Å². The Morgan fingerprint density at radius 3 is 2.42 bits per heavy atom. The summed E-state index contributed by atoms with van der Waals surface area (Å²) < 4.78 is 26.2. The van der Waals surface area contributed by atoms with Crippen molar-refractivity contribution in [2.24, 2.45) is 5.73 Å². The molecule has 0 saturated heterocycles. The van der Waals surface area contributed by atoms with Crippen LogP contribution in [-0.4, -0.2) is 5.91 Å². The second-order valence-electron chi connectivity index (χ2n) is 4.23. The molecule has 2 aromatic carbocycles. The molecular formula is C15H13F2NO. The quantitative estimate of drug-likeness (QED) is 0.905. The van der Waals surface area contributed by atoms with E-state index in [9.17, 15) is 13.6 Å². The first-order valence-electron chi connectivity index (χ1n) is 5.91. The molecule has 2 rings (SSSR count). The van der Waals surface area contributed by atoms with E-state index < -0.39 is 17.5 Å². The highest BCUT2D eigenvalue weighted by Gasteiger charge is 2.12. The van der Waals surface area contributed by atoms with Gasteiger partial charge in [0.2, 0.25) is 5.91 Å². The van der Waals surface area contributed by atoms with Crippen LogP contribution >= 0.6 is 0 Å². The maximum atomic E-state index is 13.3. The normalized spacial score (nSPS) is 10.5. The number of rotatable bonds is 3. The maximum Gasteiger partial charge on any atom is 0.249 e. The molecule has 2 N–H and O–H groups in total. The molecule has 4 heteroatoms. The van der Waals surface area contributed by atoms with E-state index in [1.54, 1.807) is 18.2 Å². The van der Waals surface area contributed by atoms with Crippen molar-refractivity contribution in [3.05, 3.63) is 59.2 Å². The van der Waals surface area contributed by atoms with Crippen molar-refractivity contribution >= 4 is 5.91 Å². The van der Waals surface area contributed by atoms with Gasteiger partial charge in [-0.25, -0.2) is 8.78 Å². The molecular weight excluding hydrogens is 248 g/mol. The van der Waals surface area contributed by atoms with Crippen molar-refractivity contribution in [3.8, 4) is 11.1 Å². The molecule has 0 atom stereocenters. The summed E-state index contributed by atoms with van der Waals surface area (Å²) in [6, 6.07) is 8.71. The van der Waals surface area contributed by atoms with Gasteiger partial charge in [-0.1, -0.05) is 25.1 Å². The van der Waals surface area contributed by atoms with Crippen LogP contribution in [0.25, 0.3) is 11.1 Å². The molecule has 0 aliphatic rings. The molecule has 98 valence electrons. The number of hydrogen-bond donors (Lipinski definition) is 1. The third kappa shape index (κ3) is 2.62. The van der Waals surface area contributed by atoms with Crippen molar-refractivity contribution < 1.29 is 13.6 Å². The van der Waals surface area contributed by atoms with E-state index in [-0.39, 0.29) is 0 Å². The summed E-state index contributed by atoms with van der Waals surface area (Å²) in [5.41, 5.74) is 7.54. The number of hydrogen-bond acceptors (Lipinski definition) is 1. The second-order valence-corrected chi connectivity index (χ2v) is 4.23. The molecule has 0 spiro atoms. The number of nitrogens with two attached hydrogens (primary N) is 1. The van der Waals surface area contributed by atoms with Crippen LogP contribution in [0.4, 0.5) is 8.78 Å². The largest absolute Gasteiger partial charge is 0.366 e. The van der Waals surface area contributed by atoms with Crippen molar-refractivity contribution in [1.29, 1.82) is 0 Å². The molecule has 0 bridgehead atoms. The zero-order chi connectivity index (χ0) is 14.0. The number of aryl methyl sites for hydroxylation is 1. The number of carbonyl (C=O) groups excluding carboxylic acids is 1. The monoisotopic (exact) mass is 261 g/mol. The number of halogens is 2. The van der Waals surface area contributed by atoms with Gasteiger partial charge < -0.3 is 5.73 Å². The number of amides is 1. The minimum Gasteiger partial charge on any atom is -0.366 e. The van der Waals surface area contributed by atoms with E-state index in [2.05, 4.69) is 0 Å². The van der Waals surface area contributed by atoms with Gasteiger partial charge in [-0.2, -0.15) is 0 Å². The first-order valence-corrected chi connectivity index (χ1v) is 5.91. The molecule has 0 fully saturated rings. The molecule has 2 nitrogen and oxygen atoms in total. The predicted octanol–water partition coefficient (Wildman–Crippen LogP) is 3.29. The van der Waals surface area contributed by atoms with Gasteiger partial charge >= 0.3 is 0 Å². The first kappa shape index (κ1) is 13.2. The van der Waals surface area contributed by atoms with Crippen LogP contribution in [0.2, 0.25) is 0 Å². The highest BCUT2D eigenvalue weighted by atomic mass is 19.2. The van der Waals surface area contributed by atoms with Gasteiger partial charge in [0.05, 0.1) is 0 Å². The molecule has 0 aromatic heterocycles. The highest BCUT2D eigenvalue weighted by Crippen LogP contribution is 2.26. The number of benzene rings is 2. The Morgan fingerprint density at radius 1 is 1.11 bits per heavy atom. The predicted molar refractivity (Wildman–Crippen MR) is 69.7 cm³/mol. The summed E-state index contributed by atoms with van der Waals surface area (Å²) in [5.74, 6) is -2.46. The lowest BCUT2D eigenvalue weighted by Gasteiger charge is -2.09. The van der Waals surface area contributed by atoms with E-state index in [0.717, 1.165) is 24.1 Å². The van der Waals surface area contributed by atoms with Crippen molar-refractivity contribution in [3.63, 3.8) is 0 Å². The molecule has 0 saturated carbocycles. The van der Waals surface area contributed by atoms with Gasteiger partial charge in [-0.05, 0) is 41.3 Å². The average molecular weight is 261 g/mol. The molecule has 0 radical (unpaired) electrons. The van der Waals surface area contributed by atoms with Crippen LogP contribution in [0.1, 0.15) is 22.8 Å². The fourth-order valence-electron chi connectivity index (χ4n) is 1.93. The Morgan fingerprint density at radius 2 is 1.84 bits per heavy atom. The Balaban J connectivity index is 2.64. The second kappa shape index (κ2) is 5.18. The summed E-state index contributed by atoms with van der Waals surface area (Å²) in [4.78, 5) is 11.4. The molecule has 19 heavy (non-hydrogen) atoms. The van der Waals surface area contributed by atoms with Crippen LogP contribution in [0, 0.1) is 11.6 Å². The van der Waals surface area contributed by atoms with Crippen LogP contribution in [0.3, 0.4) is 0 Å². The zero-order valence-electron chi connectivity index (χ0n) is 10.4. The van der Waals surface area contributed by atoms with Crippen LogP contribution in [-0.2, 0) is 6.42 Å². The third-order valence-electron chi connectivity index (χ3n) is 2.99. The molecule has 2 aromatic rings. The minimum atomic E-state index is -0.949. The topological polar surface area (TPSA) is 43.1 Å². The standard InChI is InChI=1S/C15H13F2NO/c1-2-9-3-5-11(15(18)19)12(7-9)10-4-6-13(16)14(17)8-10/h3-8H,2H2,1H3,(H2,18,19). The molecule has 1 amide bonds. The van der Waals surface area contributed by atoms with Crippen molar-refractivity contribution in [2.45, 2.75) is 13.3 Å². The molecule has 0 aliphatic heterocycles. The van der Waals surface area contributed by atoms with Crippen molar-refractivity contribution in [1.82, 2.24) is 0 Å². The van der Waals surface area contributed by atoms with Gasteiger partial charge in [0, 0.05) is 5.56 Å². The van der Waals surface area contributed by atoms with Crippen LogP contribution < -0.4 is 5.73 Å². The summed E-state index contributed by atoms with van der Waals surface area (Å²) in [6.07, 6.45) is 0.774. The Labute approximate surface area is 109 Å². The molecule has 0 heterocycles. The fraction of sp³-hybridized carbons (Fsp3) is 0.133. The van der Waals surface area contributed by atoms with E-state index in [1.807, 2.05) is 6.92 Å². The Kier molecular flexibility index (Phi) is 3.60.